The van der Waals surface area contributed by atoms with Crippen molar-refractivity contribution < 1.29 is 32.3 Å². The summed E-state index contributed by atoms with van der Waals surface area (Å²) in [5.41, 5.74) is -1.82. The van der Waals surface area contributed by atoms with E-state index in [1.165, 1.54) is 12.1 Å². The first kappa shape index (κ1) is 22.8. The second-order valence-corrected chi connectivity index (χ2v) is 10.2. The molecule has 0 bridgehead atoms. The van der Waals surface area contributed by atoms with Crippen LogP contribution in [-0.4, -0.2) is 38.1 Å². The standard InChI is InChI=1S/C23H24N2O7S/c1-33(29,30)19-13-11-17(12-14-19)31-16-7-9-18(10-8-16)32-23(15-5-3-2-4-6-15)20(26)24-22(28)25-21(23)27/h7-15H,2-6H2,1H3,(H2,24,25,26,27,28). The lowest BCUT2D eigenvalue weighted by molar-refractivity contribution is -0.158. The quantitative estimate of drug-likeness (QED) is 0.619. The van der Waals surface area contributed by atoms with Crippen molar-refractivity contribution in [2.24, 2.45) is 5.92 Å². The zero-order valence-corrected chi connectivity index (χ0v) is 18.8. The smallest absolute Gasteiger partial charge is 0.328 e. The third kappa shape index (κ3) is 4.70. The van der Waals surface area contributed by atoms with Gasteiger partial charge >= 0.3 is 6.03 Å². The molecule has 1 aliphatic heterocycles. The fraction of sp³-hybridized carbons (Fsp3) is 0.348. The van der Waals surface area contributed by atoms with Crippen molar-refractivity contribution in [1.29, 1.82) is 0 Å². The molecule has 1 saturated heterocycles. The Balaban J connectivity index is 1.54. The van der Waals surface area contributed by atoms with E-state index >= 15 is 0 Å². The molecule has 2 aromatic rings. The van der Waals surface area contributed by atoms with Crippen molar-refractivity contribution in [3.63, 3.8) is 0 Å². The fourth-order valence-corrected chi connectivity index (χ4v) is 4.87. The predicted molar refractivity (Wildman–Crippen MR) is 118 cm³/mol. The summed E-state index contributed by atoms with van der Waals surface area (Å²) in [6, 6.07) is 11.5. The minimum atomic E-state index is -3.30. The Hall–Kier alpha value is -3.40. The monoisotopic (exact) mass is 472 g/mol. The summed E-state index contributed by atoms with van der Waals surface area (Å²) in [7, 11) is -3.30. The minimum absolute atomic E-state index is 0.189. The molecule has 0 spiro atoms. The van der Waals surface area contributed by atoms with Gasteiger partial charge in [-0.3, -0.25) is 20.2 Å². The number of nitrogens with one attached hydrogen (secondary N) is 2. The Labute approximate surface area is 191 Å². The van der Waals surface area contributed by atoms with Crippen molar-refractivity contribution in [3.8, 4) is 17.2 Å². The van der Waals surface area contributed by atoms with Crippen LogP contribution >= 0.6 is 0 Å². The first-order valence-corrected chi connectivity index (χ1v) is 12.5. The van der Waals surface area contributed by atoms with E-state index < -0.39 is 33.3 Å². The van der Waals surface area contributed by atoms with Crippen LogP contribution in [-0.2, 0) is 19.4 Å². The second kappa shape index (κ2) is 8.86. The van der Waals surface area contributed by atoms with Crippen molar-refractivity contribution in [3.05, 3.63) is 48.5 Å². The Morgan fingerprint density at radius 3 is 1.79 bits per heavy atom. The van der Waals surface area contributed by atoms with E-state index in [4.69, 9.17) is 9.47 Å². The molecule has 1 aliphatic carbocycles. The number of amides is 4. The lowest BCUT2D eigenvalue weighted by Crippen LogP contribution is -2.72. The molecule has 4 amide bonds. The molecule has 10 heteroatoms. The van der Waals surface area contributed by atoms with Gasteiger partial charge in [0, 0.05) is 12.2 Å². The highest BCUT2D eigenvalue weighted by atomic mass is 32.2. The van der Waals surface area contributed by atoms with Crippen LogP contribution in [0.5, 0.6) is 17.2 Å². The summed E-state index contributed by atoms with van der Waals surface area (Å²) in [6.07, 6.45) is 5.17. The molecular formula is C23H24N2O7S. The molecule has 0 atom stereocenters. The van der Waals surface area contributed by atoms with E-state index in [1.807, 2.05) is 0 Å². The molecule has 0 unspecified atom stereocenters. The molecule has 0 radical (unpaired) electrons. The van der Waals surface area contributed by atoms with Crippen molar-refractivity contribution in [1.82, 2.24) is 10.6 Å². The van der Waals surface area contributed by atoms with E-state index in [-0.39, 0.29) is 16.6 Å². The van der Waals surface area contributed by atoms with Gasteiger partial charge in [-0.05, 0) is 61.4 Å². The molecule has 2 N–H and O–H groups in total. The van der Waals surface area contributed by atoms with Crippen LogP contribution in [0.3, 0.4) is 0 Å². The number of sulfone groups is 1. The Morgan fingerprint density at radius 1 is 0.788 bits per heavy atom. The third-order valence-corrected chi connectivity index (χ3v) is 7.03. The largest absolute Gasteiger partial charge is 0.467 e. The maximum absolute atomic E-state index is 12.9. The van der Waals surface area contributed by atoms with E-state index in [0.29, 0.717) is 24.3 Å². The maximum atomic E-state index is 12.9. The number of ether oxygens (including phenoxy) is 2. The van der Waals surface area contributed by atoms with Gasteiger partial charge in [-0.15, -0.1) is 0 Å². The van der Waals surface area contributed by atoms with Crippen molar-refractivity contribution in [2.45, 2.75) is 42.6 Å². The average Bonchev–Trinajstić information content (AvgIpc) is 2.78. The average molecular weight is 473 g/mol. The molecule has 4 rings (SSSR count). The number of hydrogen-bond donors (Lipinski definition) is 2. The van der Waals surface area contributed by atoms with Crippen LogP contribution in [0.2, 0.25) is 0 Å². The van der Waals surface area contributed by atoms with Gasteiger partial charge < -0.3 is 9.47 Å². The third-order valence-electron chi connectivity index (χ3n) is 5.90. The van der Waals surface area contributed by atoms with Crippen LogP contribution in [0.15, 0.2) is 53.4 Å². The number of carbonyl (C=O) groups is 3. The van der Waals surface area contributed by atoms with Gasteiger partial charge in [0.1, 0.15) is 17.2 Å². The molecule has 1 saturated carbocycles. The lowest BCUT2D eigenvalue weighted by atomic mass is 9.75. The summed E-state index contributed by atoms with van der Waals surface area (Å²) >= 11 is 0. The van der Waals surface area contributed by atoms with Gasteiger partial charge in [-0.1, -0.05) is 19.3 Å². The molecule has 0 aromatic heterocycles. The van der Waals surface area contributed by atoms with Crippen molar-refractivity contribution >= 4 is 27.7 Å². The Morgan fingerprint density at radius 2 is 1.27 bits per heavy atom. The van der Waals surface area contributed by atoms with Gasteiger partial charge in [-0.2, -0.15) is 0 Å². The number of hydrogen-bond acceptors (Lipinski definition) is 7. The zero-order valence-electron chi connectivity index (χ0n) is 18.0. The van der Waals surface area contributed by atoms with Gasteiger partial charge in [-0.25, -0.2) is 13.2 Å². The van der Waals surface area contributed by atoms with Crippen LogP contribution in [0, 0.1) is 5.92 Å². The number of rotatable bonds is 6. The summed E-state index contributed by atoms with van der Waals surface area (Å²) in [6.45, 7) is 0. The van der Waals surface area contributed by atoms with E-state index in [1.54, 1.807) is 36.4 Å². The molecule has 2 aromatic carbocycles. The molecule has 2 aliphatic rings. The maximum Gasteiger partial charge on any atom is 0.328 e. The summed E-state index contributed by atoms with van der Waals surface area (Å²) in [5.74, 6) is -0.694. The van der Waals surface area contributed by atoms with Crippen LogP contribution in [0.25, 0.3) is 0 Å². The second-order valence-electron chi connectivity index (χ2n) is 8.23. The van der Waals surface area contributed by atoms with Gasteiger partial charge in [0.25, 0.3) is 17.4 Å². The Kier molecular flexibility index (Phi) is 6.11. The van der Waals surface area contributed by atoms with Gasteiger partial charge in [0.15, 0.2) is 9.84 Å². The molecule has 33 heavy (non-hydrogen) atoms. The highest BCUT2D eigenvalue weighted by Gasteiger charge is 2.58. The van der Waals surface area contributed by atoms with Crippen LogP contribution < -0.4 is 20.1 Å². The summed E-state index contributed by atoms with van der Waals surface area (Å²) < 4.78 is 34.9. The number of urea groups is 1. The first-order chi connectivity index (χ1) is 15.7. The van der Waals surface area contributed by atoms with Crippen LogP contribution in [0.1, 0.15) is 32.1 Å². The zero-order chi connectivity index (χ0) is 23.6. The number of benzene rings is 2. The summed E-state index contributed by atoms with van der Waals surface area (Å²) in [4.78, 5) is 37.5. The minimum Gasteiger partial charge on any atom is -0.467 e. The first-order valence-electron chi connectivity index (χ1n) is 10.6. The normalized spacial score (nSPS) is 18.9. The lowest BCUT2D eigenvalue weighted by Gasteiger charge is -2.41. The Bertz CT molecular complexity index is 1150. The van der Waals surface area contributed by atoms with Gasteiger partial charge in [0.05, 0.1) is 4.90 Å². The molecule has 9 nitrogen and oxygen atoms in total. The number of carbonyl (C=O) groups excluding carboxylic acids is 3. The van der Waals surface area contributed by atoms with E-state index in [0.717, 1.165) is 25.5 Å². The summed E-state index contributed by atoms with van der Waals surface area (Å²) in [5, 5.41) is 4.35. The SMILES string of the molecule is CS(=O)(=O)c1ccc(Oc2ccc(OC3(C4CCCCC4)C(=O)NC(=O)NC3=O)cc2)cc1. The predicted octanol–water partition coefficient (Wildman–Crippen LogP) is 2.95. The van der Waals surface area contributed by atoms with E-state index in [9.17, 15) is 22.8 Å². The molecule has 1 heterocycles. The number of barbiturate groups is 1. The highest BCUT2D eigenvalue weighted by molar-refractivity contribution is 7.90. The van der Waals surface area contributed by atoms with E-state index in [2.05, 4.69) is 10.6 Å². The molecule has 2 fully saturated rings. The topological polar surface area (TPSA) is 128 Å². The van der Waals surface area contributed by atoms with Crippen molar-refractivity contribution in [2.75, 3.05) is 6.26 Å². The number of imide groups is 2. The molecular weight excluding hydrogens is 448 g/mol. The van der Waals surface area contributed by atoms with Gasteiger partial charge in [0.2, 0.25) is 0 Å². The highest BCUT2D eigenvalue weighted by Crippen LogP contribution is 2.38. The fourth-order valence-electron chi connectivity index (χ4n) is 4.23. The van der Waals surface area contributed by atoms with Crippen LogP contribution in [0.4, 0.5) is 4.79 Å². The molecule has 174 valence electrons.